The summed E-state index contributed by atoms with van der Waals surface area (Å²) in [5.41, 5.74) is 2.59. The van der Waals surface area contributed by atoms with Crippen molar-refractivity contribution in [2.75, 3.05) is 12.3 Å². The second-order valence-corrected chi connectivity index (χ2v) is 8.70. The minimum Gasteiger partial charge on any atom is -0.351 e. The van der Waals surface area contributed by atoms with Crippen LogP contribution in [0.2, 0.25) is 10.0 Å². The first kappa shape index (κ1) is 23.9. The maximum Gasteiger partial charge on any atom is 0.270 e. The minimum absolute atomic E-state index is 0.0267. The van der Waals surface area contributed by atoms with Crippen LogP contribution >= 0.6 is 35.0 Å². The van der Waals surface area contributed by atoms with Crippen molar-refractivity contribution < 1.29 is 9.72 Å². The predicted octanol–water partition coefficient (Wildman–Crippen LogP) is 6.49. The zero-order chi connectivity index (χ0) is 22.9. The van der Waals surface area contributed by atoms with Crippen molar-refractivity contribution >= 4 is 58.2 Å². The van der Waals surface area contributed by atoms with Gasteiger partial charge in [0.15, 0.2) is 0 Å². The number of carbonyl (C=O) groups excluding carboxylic acids is 1. The van der Waals surface area contributed by atoms with Crippen LogP contribution < -0.4 is 5.32 Å². The van der Waals surface area contributed by atoms with E-state index in [4.69, 9.17) is 23.2 Å². The number of carbonyl (C=O) groups is 1. The van der Waals surface area contributed by atoms with Crippen LogP contribution in [0.15, 0.2) is 72.8 Å². The molecule has 32 heavy (non-hydrogen) atoms. The molecule has 1 N–H and O–H groups in total. The molecule has 3 aromatic carbocycles. The number of benzene rings is 3. The number of nitrogens with one attached hydrogen (secondary N) is 1. The Balaban J connectivity index is 1.67. The molecule has 0 aliphatic heterocycles. The molecular weight excluding hydrogens is 467 g/mol. The van der Waals surface area contributed by atoms with Gasteiger partial charge in [0, 0.05) is 45.8 Å². The molecule has 1 amide bonds. The van der Waals surface area contributed by atoms with Gasteiger partial charge in [-0.3, -0.25) is 14.9 Å². The zero-order valence-corrected chi connectivity index (χ0v) is 19.3. The second kappa shape index (κ2) is 11.7. The van der Waals surface area contributed by atoms with Gasteiger partial charge in [-0.2, -0.15) is 11.8 Å². The Kier molecular flexibility index (Phi) is 8.73. The minimum atomic E-state index is -0.456. The number of thioether (sulfide) groups is 1. The molecule has 0 aliphatic rings. The van der Waals surface area contributed by atoms with Crippen molar-refractivity contribution in [1.29, 1.82) is 0 Å². The van der Waals surface area contributed by atoms with Crippen LogP contribution in [-0.2, 0) is 10.5 Å². The second-order valence-electron chi connectivity index (χ2n) is 6.78. The number of halogens is 2. The first-order chi connectivity index (χ1) is 15.5. The lowest BCUT2D eigenvalue weighted by Gasteiger charge is -2.10. The average molecular weight is 487 g/mol. The molecule has 0 aliphatic carbocycles. The number of rotatable bonds is 9. The molecular formula is C24H20Cl2N2O3S. The lowest BCUT2D eigenvalue weighted by Crippen LogP contribution is -2.26. The molecule has 3 aromatic rings. The molecule has 0 radical (unpaired) electrons. The van der Waals surface area contributed by atoms with Crippen molar-refractivity contribution in [3.05, 3.63) is 110 Å². The summed E-state index contributed by atoms with van der Waals surface area (Å²) in [6, 6.07) is 20.8. The van der Waals surface area contributed by atoms with Gasteiger partial charge < -0.3 is 5.32 Å². The molecule has 0 atom stereocenters. The highest BCUT2D eigenvalue weighted by molar-refractivity contribution is 7.98. The maximum atomic E-state index is 12.9. The van der Waals surface area contributed by atoms with Crippen molar-refractivity contribution in [2.24, 2.45) is 0 Å². The summed E-state index contributed by atoms with van der Waals surface area (Å²) in [4.78, 5) is 23.6. The monoisotopic (exact) mass is 486 g/mol. The molecule has 8 heteroatoms. The van der Waals surface area contributed by atoms with Crippen LogP contribution in [0.1, 0.15) is 16.7 Å². The SMILES string of the molecule is O=C(NCCSCc1c(Cl)cccc1Cl)/C(=C/c1cccc([N+](=O)[O-])c1)c1ccccc1. The average Bonchev–Trinajstić information content (AvgIpc) is 2.79. The van der Waals surface area contributed by atoms with Crippen molar-refractivity contribution in [3.8, 4) is 0 Å². The van der Waals surface area contributed by atoms with Crippen LogP contribution in [-0.4, -0.2) is 23.1 Å². The smallest absolute Gasteiger partial charge is 0.270 e. The fourth-order valence-electron chi connectivity index (χ4n) is 2.97. The van der Waals surface area contributed by atoms with Gasteiger partial charge in [0.25, 0.3) is 11.6 Å². The molecule has 0 saturated heterocycles. The van der Waals surface area contributed by atoms with E-state index in [1.807, 2.05) is 30.3 Å². The van der Waals surface area contributed by atoms with Gasteiger partial charge in [0.05, 0.1) is 4.92 Å². The molecule has 0 heterocycles. The lowest BCUT2D eigenvalue weighted by atomic mass is 10.0. The number of amides is 1. The standard InChI is InChI=1S/C24H20Cl2N2O3S/c25-22-10-5-11-23(26)21(22)16-32-13-12-27-24(29)20(18-7-2-1-3-8-18)15-17-6-4-9-19(14-17)28(30)31/h1-11,14-15H,12-13,16H2,(H,27,29)/b20-15+. The van der Waals surface area contributed by atoms with Crippen LogP contribution in [0.5, 0.6) is 0 Å². The highest BCUT2D eigenvalue weighted by atomic mass is 35.5. The van der Waals surface area contributed by atoms with Crippen LogP contribution in [0.4, 0.5) is 5.69 Å². The predicted molar refractivity (Wildman–Crippen MR) is 133 cm³/mol. The number of nitro groups is 1. The molecule has 0 unspecified atom stereocenters. The van der Waals surface area contributed by atoms with E-state index in [-0.39, 0.29) is 11.6 Å². The summed E-state index contributed by atoms with van der Waals surface area (Å²) in [6.07, 6.45) is 1.66. The molecule has 164 valence electrons. The number of hydrogen-bond donors (Lipinski definition) is 1. The van der Waals surface area contributed by atoms with E-state index < -0.39 is 4.92 Å². The molecule has 3 rings (SSSR count). The van der Waals surface area contributed by atoms with E-state index in [9.17, 15) is 14.9 Å². The third-order valence-corrected chi connectivity index (χ3v) is 6.26. The van der Waals surface area contributed by atoms with E-state index >= 15 is 0 Å². The van der Waals surface area contributed by atoms with Crippen LogP contribution in [0.3, 0.4) is 0 Å². The van der Waals surface area contributed by atoms with Crippen LogP contribution in [0, 0.1) is 10.1 Å². The summed E-state index contributed by atoms with van der Waals surface area (Å²) in [6.45, 7) is 0.449. The van der Waals surface area contributed by atoms with Crippen molar-refractivity contribution in [3.63, 3.8) is 0 Å². The Bertz CT molecular complexity index is 1120. The highest BCUT2D eigenvalue weighted by Crippen LogP contribution is 2.28. The first-order valence-corrected chi connectivity index (χ1v) is 11.7. The number of nitro benzene ring substituents is 1. The molecule has 5 nitrogen and oxygen atoms in total. The first-order valence-electron chi connectivity index (χ1n) is 9.76. The summed E-state index contributed by atoms with van der Waals surface area (Å²) in [5, 5.41) is 15.3. The third kappa shape index (κ3) is 6.60. The molecule has 0 saturated carbocycles. The molecule has 0 fully saturated rings. The van der Waals surface area contributed by atoms with E-state index in [0.29, 0.717) is 39.2 Å². The highest BCUT2D eigenvalue weighted by Gasteiger charge is 2.13. The zero-order valence-electron chi connectivity index (χ0n) is 17.0. The Labute approximate surface area is 200 Å². The Morgan fingerprint density at radius 3 is 2.38 bits per heavy atom. The molecule has 0 spiro atoms. The van der Waals surface area contributed by atoms with E-state index in [0.717, 1.165) is 11.1 Å². The van der Waals surface area contributed by atoms with E-state index in [1.54, 1.807) is 48.2 Å². The number of hydrogen-bond acceptors (Lipinski definition) is 4. The number of non-ortho nitro benzene ring substituents is 1. The van der Waals surface area contributed by atoms with Gasteiger partial charge in [-0.15, -0.1) is 0 Å². The van der Waals surface area contributed by atoms with Gasteiger partial charge in [-0.05, 0) is 34.9 Å². The van der Waals surface area contributed by atoms with Gasteiger partial charge in [-0.1, -0.05) is 71.7 Å². The topological polar surface area (TPSA) is 72.2 Å². The lowest BCUT2D eigenvalue weighted by molar-refractivity contribution is -0.384. The largest absolute Gasteiger partial charge is 0.351 e. The number of nitrogens with zero attached hydrogens (tertiary/aromatic N) is 1. The molecule has 0 aromatic heterocycles. The fourth-order valence-corrected chi connectivity index (χ4v) is 4.56. The Morgan fingerprint density at radius 2 is 1.69 bits per heavy atom. The summed E-state index contributed by atoms with van der Waals surface area (Å²) < 4.78 is 0. The van der Waals surface area contributed by atoms with E-state index in [2.05, 4.69) is 5.32 Å². The fraction of sp³-hybridized carbons (Fsp3) is 0.125. The third-order valence-electron chi connectivity index (χ3n) is 4.56. The van der Waals surface area contributed by atoms with Gasteiger partial charge >= 0.3 is 0 Å². The maximum absolute atomic E-state index is 12.9. The van der Waals surface area contributed by atoms with Crippen LogP contribution in [0.25, 0.3) is 11.6 Å². The Hall–Kier alpha value is -2.80. The molecule has 0 bridgehead atoms. The summed E-state index contributed by atoms with van der Waals surface area (Å²) in [5.74, 6) is 1.06. The summed E-state index contributed by atoms with van der Waals surface area (Å²) in [7, 11) is 0. The van der Waals surface area contributed by atoms with Crippen molar-refractivity contribution in [2.45, 2.75) is 5.75 Å². The quantitative estimate of drug-likeness (QED) is 0.123. The van der Waals surface area contributed by atoms with E-state index in [1.165, 1.54) is 12.1 Å². The van der Waals surface area contributed by atoms with Gasteiger partial charge in [0.1, 0.15) is 0 Å². The van der Waals surface area contributed by atoms with Crippen molar-refractivity contribution in [1.82, 2.24) is 5.32 Å². The summed E-state index contributed by atoms with van der Waals surface area (Å²) >= 11 is 14.0. The van der Waals surface area contributed by atoms with Gasteiger partial charge in [0.2, 0.25) is 0 Å². The van der Waals surface area contributed by atoms with Gasteiger partial charge in [-0.25, -0.2) is 0 Å². The Morgan fingerprint density at radius 1 is 1.00 bits per heavy atom. The normalized spacial score (nSPS) is 11.2.